The first kappa shape index (κ1) is 20.3. The molecule has 26 heavy (non-hydrogen) atoms. The van der Waals surface area contributed by atoms with E-state index in [9.17, 15) is 0 Å². The van der Waals surface area contributed by atoms with Crippen LogP contribution in [0.3, 0.4) is 0 Å². The molecule has 0 fully saturated rings. The normalized spacial score (nSPS) is 14.5. The van der Waals surface area contributed by atoms with E-state index in [1.807, 2.05) is 0 Å². The summed E-state index contributed by atoms with van der Waals surface area (Å²) in [5.41, 5.74) is 7.84. The van der Waals surface area contributed by atoms with E-state index in [2.05, 4.69) is 100.0 Å². The first-order valence-electron chi connectivity index (χ1n) is 9.02. The van der Waals surface area contributed by atoms with Gasteiger partial charge in [0.05, 0.1) is 11.1 Å². The number of hydrogen-bond acceptors (Lipinski definition) is 1. The Morgan fingerprint density at radius 3 is 1.96 bits per heavy atom. The van der Waals surface area contributed by atoms with E-state index in [0.717, 1.165) is 6.54 Å². The fraction of sp³-hybridized carbons (Fsp3) is 0.348. The zero-order chi connectivity index (χ0) is 18.2. The van der Waals surface area contributed by atoms with Gasteiger partial charge in [0, 0.05) is 0 Å². The molecule has 0 spiro atoms. The average Bonchev–Trinajstić information content (AvgIpc) is 2.88. The fourth-order valence-corrected chi connectivity index (χ4v) is 3.55. The van der Waals surface area contributed by atoms with Crippen molar-refractivity contribution in [2.45, 2.75) is 47.1 Å². The lowest BCUT2D eigenvalue weighted by atomic mass is 10.0. The predicted octanol–water partition coefficient (Wildman–Crippen LogP) is 2.42. The maximum Gasteiger partial charge on any atom is 0.283 e. The monoisotopic (exact) mass is 368 g/mol. The van der Waals surface area contributed by atoms with Gasteiger partial charge in [0.1, 0.15) is 12.2 Å². The number of amidine groups is 1. The molecular weight excluding hydrogens is 340 g/mol. The van der Waals surface area contributed by atoms with Crippen molar-refractivity contribution in [3.8, 4) is 0 Å². The number of nitrogens with zero attached hydrogens (tertiary/aromatic N) is 1. The fourth-order valence-electron chi connectivity index (χ4n) is 3.55. The van der Waals surface area contributed by atoms with Gasteiger partial charge in [-0.3, -0.25) is 4.58 Å². The van der Waals surface area contributed by atoms with Crippen molar-refractivity contribution in [3.63, 3.8) is 0 Å². The number of rotatable bonds is 2. The highest BCUT2D eigenvalue weighted by molar-refractivity contribution is 6.28. The standard InChI is InChI=1S/C23H28N2.ClH/c1-16-11-10-12-17(2)21(16)24-22-20(19-13-8-7-9-14-19)18(3)15-25(22)23(4,5)6;/h7-14H,15H2,1-6H3;1H. The van der Waals surface area contributed by atoms with Crippen molar-refractivity contribution in [1.29, 1.82) is 0 Å². The van der Waals surface area contributed by atoms with Crippen LogP contribution in [-0.2, 0) is 0 Å². The minimum absolute atomic E-state index is 0. The van der Waals surface area contributed by atoms with E-state index < -0.39 is 0 Å². The van der Waals surface area contributed by atoms with Crippen molar-refractivity contribution >= 4 is 17.1 Å². The zero-order valence-electron chi connectivity index (χ0n) is 16.7. The van der Waals surface area contributed by atoms with Crippen LogP contribution < -0.4 is 17.7 Å². The van der Waals surface area contributed by atoms with Crippen LogP contribution in [0.2, 0.25) is 0 Å². The molecule has 0 aliphatic carbocycles. The molecule has 0 saturated heterocycles. The summed E-state index contributed by atoms with van der Waals surface area (Å²) in [6, 6.07) is 17.2. The summed E-state index contributed by atoms with van der Waals surface area (Å²) in [6.07, 6.45) is 0. The van der Waals surface area contributed by atoms with Crippen molar-refractivity contribution in [1.82, 2.24) is 0 Å². The number of benzene rings is 2. The average molecular weight is 369 g/mol. The first-order valence-corrected chi connectivity index (χ1v) is 9.02. The van der Waals surface area contributed by atoms with Gasteiger partial charge in [0.25, 0.3) is 5.84 Å². The van der Waals surface area contributed by atoms with Crippen molar-refractivity contribution < 1.29 is 17.0 Å². The van der Waals surface area contributed by atoms with E-state index in [1.165, 1.54) is 39.4 Å². The largest absolute Gasteiger partial charge is 1.00 e. The van der Waals surface area contributed by atoms with Gasteiger partial charge in [-0.1, -0.05) is 48.5 Å². The molecule has 1 heterocycles. The maximum atomic E-state index is 3.80. The Kier molecular flexibility index (Phi) is 5.98. The quantitative estimate of drug-likeness (QED) is 0.804. The van der Waals surface area contributed by atoms with Crippen LogP contribution >= 0.6 is 0 Å². The molecule has 1 aliphatic heterocycles. The molecule has 1 N–H and O–H groups in total. The van der Waals surface area contributed by atoms with Crippen molar-refractivity contribution in [2.75, 3.05) is 11.9 Å². The number of nitrogens with one attached hydrogen (secondary N) is 1. The van der Waals surface area contributed by atoms with Gasteiger partial charge < -0.3 is 12.4 Å². The molecule has 2 aromatic rings. The number of halogens is 1. The molecule has 0 bridgehead atoms. The molecule has 2 aromatic carbocycles. The van der Waals surface area contributed by atoms with Crippen LogP contribution in [0.15, 0.2) is 54.1 Å². The highest BCUT2D eigenvalue weighted by Gasteiger charge is 2.36. The van der Waals surface area contributed by atoms with Crippen molar-refractivity contribution in [2.24, 2.45) is 0 Å². The summed E-state index contributed by atoms with van der Waals surface area (Å²) < 4.78 is 2.48. The molecule has 2 nitrogen and oxygen atoms in total. The molecule has 138 valence electrons. The summed E-state index contributed by atoms with van der Waals surface area (Å²) in [4.78, 5) is 0. The Hall–Kier alpha value is -2.06. The molecule has 0 saturated carbocycles. The summed E-state index contributed by atoms with van der Waals surface area (Å²) in [5, 5.41) is 3.80. The van der Waals surface area contributed by atoms with E-state index in [-0.39, 0.29) is 17.9 Å². The smallest absolute Gasteiger partial charge is 0.283 e. The lowest BCUT2D eigenvalue weighted by Crippen LogP contribution is -3.00. The third-order valence-electron chi connectivity index (χ3n) is 4.93. The molecule has 3 heteroatoms. The number of aryl methyl sites for hydroxylation is 2. The molecule has 0 radical (unpaired) electrons. The van der Waals surface area contributed by atoms with Crippen LogP contribution in [0.5, 0.6) is 0 Å². The topological polar surface area (TPSA) is 15.0 Å². The Balaban J connectivity index is 0.00000243. The summed E-state index contributed by atoms with van der Waals surface area (Å²) >= 11 is 0. The second kappa shape index (κ2) is 7.67. The Morgan fingerprint density at radius 1 is 0.846 bits per heavy atom. The summed E-state index contributed by atoms with van der Waals surface area (Å²) in [5.74, 6) is 1.22. The Bertz CT molecular complexity index is 835. The van der Waals surface area contributed by atoms with E-state index in [1.54, 1.807) is 0 Å². The third-order valence-corrected chi connectivity index (χ3v) is 4.93. The van der Waals surface area contributed by atoms with Gasteiger partial charge in [0.15, 0.2) is 0 Å². The molecule has 0 aromatic heterocycles. The highest BCUT2D eigenvalue weighted by Crippen LogP contribution is 2.31. The number of para-hydroxylation sites is 1. The second-order valence-corrected chi connectivity index (χ2v) is 8.02. The van der Waals surface area contributed by atoms with Gasteiger partial charge in [-0.25, -0.2) is 5.32 Å². The van der Waals surface area contributed by atoms with Crippen LogP contribution in [0.25, 0.3) is 5.57 Å². The molecule has 3 rings (SSSR count). The van der Waals surface area contributed by atoms with Gasteiger partial charge in [-0.15, -0.1) is 0 Å². The minimum Gasteiger partial charge on any atom is -1.00 e. The molecule has 1 aliphatic rings. The molecule has 0 amide bonds. The summed E-state index contributed by atoms with van der Waals surface area (Å²) in [6.45, 7) is 14.4. The maximum absolute atomic E-state index is 3.80. The van der Waals surface area contributed by atoms with Crippen molar-refractivity contribution in [3.05, 3.63) is 70.8 Å². The minimum atomic E-state index is 0. The summed E-state index contributed by atoms with van der Waals surface area (Å²) in [7, 11) is 0. The third kappa shape index (κ3) is 3.86. The van der Waals surface area contributed by atoms with Crippen LogP contribution in [0, 0.1) is 13.8 Å². The van der Waals surface area contributed by atoms with Crippen LogP contribution in [0.4, 0.5) is 5.69 Å². The van der Waals surface area contributed by atoms with Crippen LogP contribution in [-0.4, -0.2) is 22.5 Å². The molecule has 0 unspecified atom stereocenters. The van der Waals surface area contributed by atoms with Gasteiger partial charge >= 0.3 is 0 Å². The van der Waals surface area contributed by atoms with Gasteiger partial charge in [0.2, 0.25) is 0 Å². The molecular formula is C23H29ClN2. The SMILES string of the molecule is CC1=C(c2ccccc2)C(Nc2c(C)cccc2C)=[N+](C(C)(C)C)C1.[Cl-]. The van der Waals surface area contributed by atoms with Crippen LogP contribution in [0.1, 0.15) is 44.4 Å². The Labute approximate surface area is 164 Å². The lowest BCUT2D eigenvalue weighted by Gasteiger charge is -2.22. The lowest BCUT2D eigenvalue weighted by molar-refractivity contribution is -0.586. The van der Waals surface area contributed by atoms with E-state index >= 15 is 0 Å². The van der Waals surface area contributed by atoms with E-state index in [0.29, 0.717) is 0 Å². The number of anilines is 1. The highest BCUT2D eigenvalue weighted by atomic mass is 35.5. The zero-order valence-corrected chi connectivity index (χ0v) is 17.4. The van der Waals surface area contributed by atoms with Gasteiger partial charge in [-0.05, 0) is 63.8 Å². The second-order valence-electron chi connectivity index (χ2n) is 8.02. The predicted molar refractivity (Wildman–Crippen MR) is 108 cm³/mol. The molecule has 0 atom stereocenters. The van der Waals surface area contributed by atoms with E-state index in [4.69, 9.17) is 0 Å². The number of hydrogen-bond donors (Lipinski definition) is 1. The first-order chi connectivity index (χ1) is 11.8. The Morgan fingerprint density at radius 2 is 1.42 bits per heavy atom. The van der Waals surface area contributed by atoms with Gasteiger partial charge in [-0.2, -0.15) is 0 Å².